The maximum absolute atomic E-state index is 15.9. The number of piperazine rings is 1. The highest BCUT2D eigenvalue weighted by atomic mass is 35.5. The molecule has 2 fully saturated rings. The number of halogens is 4. The van der Waals surface area contributed by atoms with Gasteiger partial charge in [0.25, 0.3) is 0 Å². The van der Waals surface area contributed by atoms with Gasteiger partial charge in [0.1, 0.15) is 46.6 Å². The summed E-state index contributed by atoms with van der Waals surface area (Å²) in [5.74, 6) is -0.157. The molecule has 1 N–H and O–H groups in total. The number of carboxylic acid groups (broad SMARTS) is 1. The summed E-state index contributed by atoms with van der Waals surface area (Å²) in [6.07, 6.45) is 3.67. The fraction of sp³-hybridized carbons (Fsp3) is 0.491. The van der Waals surface area contributed by atoms with Gasteiger partial charge in [0.05, 0.1) is 63.9 Å². The van der Waals surface area contributed by atoms with Gasteiger partial charge in [-0.15, -0.1) is 11.3 Å². The lowest BCUT2D eigenvalue weighted by molar-refractivity contribution is -0.145. The van der Waals surface area contributed by atoms with Crippen LogP contribution in [0.1, 0.15) is 65.4 Å². The van der Waals surface area contributed by atoms with E-state index in [1.807, 2.05) is 19.9 Å². The molecule has 0 radical (unpaired) electrons. The molecular formula is C57H66Cl2F2N6O9S. The number of alkyl halides is 1. The highest BCUT2D eigenvalue weighted by molar-refractivity contribution is 7.22. The van der Waals surface area contributed by atoms with Crippen molar-refractivity contribution < 1.29 is 51.8 Å². The minimum Gasteiger partial charge on any atom is -0.493 e. The van der Waals surface area contributed by atoms with Gasteiger partial charge in [0.2, 0.25) is 12.0 Å². The number of aromatic nitrogens is 4. The summed E-state index contributed by atoms with van der Waals surface area (Å²) in [5.41, 5.74) is 4.09. The van der Waals surface area contributed by atoms with Crippen LogP contribution >= 0.6 is 34.5 Å². The number of carbonyl (C=O) groups is 1. The molecule has 77 heavy (non-hydrogen) atoms. The summed E-state index contributed by atoms with van der Waals surface area (Å²) in [4.78, 5) is 38.2. The Morgan fingerprint density at radius 2 is 1.58 bits per heavy atom. The average Bonchev–Trinajstić information content (AvgIpc) is 3.83. The molecule has 0 spiro atoms. The van der Waals surface area contributed by atoms with Crippen LogP contribution in [-0.4, -0.2) is 152 Å². The summed E-state index contributed by atoms with van der Waals surface area (Å²) in [6, 6.07) is 13.3. The Morgan fingerprint density at radius 3 is 2.29 bits per heavy atom. The van der Waals surface area contributed by atoms with E-state index in [2.05, 4.69) is 31.8 Å². The van der Waals surface area contributed by atoms with Crippen LogP contribution in [-0.2, 0) is 43.2 Å². The van der Waals surface area contributed by atoms with Crippen molar-refractivity contribution in [1.29, 1.82) is 0 Å². The lowest BCUT2D eigenvalue weighted by Crippen LogP contribution is -2.47. The van der Waals surface area contributed by atoms with Gasteiger partial charge < -0.3 is 48.1 Å². The number of carboxylic acids is 1. The van der Waals surface area contributed by atoms with Crippen molar-refractivity contribution in [3.63, 3.8) is 0 Å². The fourth-order valence-corrected chi connectivity index (χ4v) is 12.1. The van der Waals surface area contributed by atoms with Crippen molar-refractivity contribution in [2.75, 3.05) is 99.7 Å². The maximum atomic E-state index is 15.9. The van der Waals surface area contributed by atoms with Crippen LogP contribution in [0.25, 0.3) is 31.8 Å². The van der Waals surface area contributed by atoms with Crippen molar-refractivity contribution in [1.82, 2.24) is 29.7 Å². The highest BCUT2D eigenvalue weighted by Gasteiger charge is 2.37. The molecule has 3 aliphatic heterocycles. The summed E-state index contributed by atoms with van der Waals surface area (Å²) in [5, 5.41) is 12.5. The molecule has 20 heteroatoms. The summed E-state index contributed by atoms with van der Waals surface area (Å²) in [7, 11) is 3.75. The van der Waals surface area contributed by atoms with Gasteiger partial charge in [-0.2, -0.15) is 0 Å². The second-order valence-electron chi connectivity index (χ2n) is 20.2. The van der Waals surface area contributed by atoms with Gasteiger partial charge in [0, 0.05) is 90.3 Å². The number of nitrogens with zero attached hydrogens (tertiary/aromatic N) is 6. The lowest BCUT2D eigenvalue weighted by Gasteiger charge is -2.35. The lowest BCUT2D eigenvalue weighted by atomic mass is 9.80. The van der Waals surface area contributed by atoms with Gasteiger partial charge in [0.15, 0.2) is 0 Å². The molecule has 4 aliphatic rings. The smallest absolute Gasteiger partial charge is 0.345 e. The monoisotopic (exact) mass is 1120 g/mol. The molecule has 1 saturated heterocycles. The van der Waals surface area contributed by atoms with Crippen LogP contribution in [0.5, 0.6) is 17.4 Å². The van der Waals surface area contributed by atoms with Crippen LogP contribution in [0.15, 0.2) is 61.1 Å². The van der Waals surface area contributed by atoms with E-state index < -0.39 is 23.6 Å². The predicted molar refractivity (Wildman–Crippen MR) is 292 cm³/mol. The Bertz CT molecular complexity index is 2950. The molecular weight excluding hydrogens is 1050 g/mol. The van der Waals surface area contributed by atoms with Gasteiger partial charge in [-0.1, -0.05) is 35.3 Å². The number of ether oxygens (including phenoxy) is 7. The molecule has 3 aromatic heterocycles. The Hall–Kier alpha value is -5.15. The number of methoxy groups -OCH3 is 1. The zero-order valence-electron chi connectivity index (χ0n) is 44.0. The maximum Gasteiger partial charge on any atom is 0.345 e. The van der Waals surface area contributed by atoms with Crippen LogP contribution < -0.4 is 14.2 Å². The SMILES string of the molecule is COCCOCCOCCOC[C@]1(F)CC[C@H](c2nccc(COc3ccc4cc3C[C@H](C(=O)O)Oc3ncnc5sc(-c6ccc(F)cc6)c(c35)-c3c(C)c(Cl)c(c(Cl)c3C)C[C@H](CN3CCN(C)CC3)CO4)n2)CC1. The number of hydrogen-bond donors (Lipinski definition) is 1. The van der Waals surface area contributed by atoms with E-state index in [1.165, 1.54) is 29.8 Å². The van der Waals surface area contributed by atoms with Gasteiger partial charge in [-0.05, 0) is 117 Å². The zero-order valence-corrected chi connectivity index (χ0v) is 46.3. The summed E-state index contributed by atoms with van der Waals surface area (Å²) < 4.78 is 71.6. The van der Waals surface area contributed by atoms with Crippen molar-refractivity contribution >= 4 is 50.7 Å². The summed E-state index contributed by atoms with van der Waals surface area (Å²) >= 11 is 16.3. The first kappa shape index (κ1) is 56.6. The third-order valence-corrected chi connectivity index (χ3v) is 16.9. The number of hydrogen-bond acceptors (Lipinski definition) is 15. The molecule has 6 heterocycles. The Balaban J connectivity index is 0.986. The third kappa shape index (κ3) is 14.0. The minimum atomic E-state index is -1.47. The van der Waals surface area contributed by atoms with Gasteiger partial charge in [-0.25, -0.2) is 33.5 Å². The number of fused-ring (bicyclic) bond motifs is 7. The average molecular weight is 1120 g/mol. The molecule has 3 aromatic carbocycles. The molecule has 412 valence electrons. The predicted octanol–water partition coefficient (Wildman–Crippen LogP) is 10.4. The fourth-order valence-electron chi connectivity index (χ4n) is 10.4. The van der Waals surface area contributed by atoms with E-state index in [9.17, 15) is 14.3 Å². The first-order valence-corrected chi connectivity index (χ1v) is 27.8. The molecule has 4 bridgehead atoms. The third-order valence-electron chi connectivity index (χ3n) is 14.7. The number of likely N-dealkylation sites (N-methyl/N-ethyl adjacent to an activating group) is 1. The number of benzene rings is 3. The molecule has 0 amide bonds. The largest absolute Gasteiger partial charge is 0.493 e. The van der Waals surface area contributed by atoms with E-state index in [4.69, 9.17) is 61.3 Å². The first-order chi connectivity index (χ1) is 37.3. The Morgan fingerprint density at radius 1 is 0.883 bits per heavy atom. The second-order valence-corrected chi connectivity index (χ2v) is 22.0. The molecule has 1 saturated carbocycles. The van der Waals surface area contributed by atoms with Crippen LogP contribution in [0.3, 0.4) is 0 Å². The van der Waals surface area contributed by atoms with E-state index in [1.54, 1.807) is 43.6 Å². The van der Waals surface area contributed by atoms with Gasteiger partial charge >= 0.3 is 5.97 Å². The Labute approximate surface area is 462 Å². The van der Waals surface area contributed by atoms with Crippen molar-refractivity contribution in [2.45, 2.75) is 76.7 Å². The number of rotatable bonds is 19. The van der Waals surface area contributed by atoms with Crippen LogP contribution in [0.2, 0.25) is 10.0 Å². The van der Waals surface area contributed by atoms with Crippen molar-refractivity contribution in [3.05, 3.63) is 111 Å². The second kappa shape index (κ2) is 26.2. The van der Waals surface area contributed by atoms with Crippen LogP contribution in [0, 0.1) is 25.6 Å². The highest BCUT2D eigenvalue weighted by Crippen LogP contribution is 2.52. The topological polar surface area (TPSA) is 160 Å². The number of aliphatic carboxylic acids is 1. The Kier molecular flexibility index (Phi) is 19.3. The minimum absolute atomic E-state index is 0.00662. The summed E-state index contributed by atoms with van der Waals surface area (Å²) in [6.45, 7) is 11.2. The van der Waals surface area contributed by atoms with E-state index in [-0.39, 0.29) is 37.4 Å². The first-order valence-electron chi connectivity index (χ1n) is 26.2. The van der Waals surface area contributed by atoms with E-state index >= 15 is 4.39 Å². The zero-order chi connectivity index (χ0) is 54.1. The van der Waals surface area contributed by atoms with Crippen molar-refractivity contribution in [3.8, 4) is 38.9 Å². The van der Waals surface area contributed by atoms with E-state index in [0.717, 1.165) is 59.9 Å². The molecule has 1 aliphatic carbocycles. The van der Waals surface area contributed by atoms with Gasteiger partial charge in [-0.3, -0.25) is 0 Å². The van der Waals surface area contributed by atoms with Crippen molar-refractivity contribution in [2.24, 2.45) is 5.92 Å². The quantitative estimate of drug-likeness (QED) is 0.0763. The standard InChI is InChI=1S/C57H66Cl2F2N6O9S/c1-35-47-36(2)51(59)44(50(35)58)27-37(30-67-19-17-66(3)18-20-67)31-74-43-9-10-45(40(28-43)29-46(56(68)69)76-54-49-48(47)52(77-55(49)64-34-63-54)38-5-7-41(60)8-6-38)75-32-42-13-16-62-53(65-42)39-11-14-57(61,15-12-39)33-73-26-25-72-24-23-71-22-21-70-4/h5-10,13,16,28,34,37,39,46H,11-12,14-15,17-27,29-33H2,1-4H3,(H,68,69)/t37-,39-,46-,57-/m1/s1. The van der Waals surface area contributed by atoms with E-state index in [0.29, 0.717) is 138 Å². The molecule has 2 atom stereocenters. The molecule has 0 unspecified atom stereocenters. The number of thiophene rings is 1. The normalized spacial score (nSPS) is 20.4. The molecule has 15 nitrogen and oxygen atoms in total. The van der Waals surface area contributed by atoms with Crippen LogP contribution in [0.4, 0.5) is 8.78 Å². The molecule has 6 aromatic rings. The molecule has 10 rings (SSSR count).